The number of primary amides is 1. The van der Waals surface area contributed by atoms with E-state index in [4.69, 9.17) is 28.9 Å². The molecule has 0 bridgehead atoms. The predicted octanol–water partition coefficient (Wildman–Crippen LogP) is 3.80. The van der Waals surface area contributed by atoms with E-state index in [1.807, 2.05) is 0 Å². The fraction of sp³-hybridized carbons (Fsp3) is 0.200. The highest BCUT2D eigenvalue weighted by atomic mass is 35.5. The smallest absolute Gasteiger partial charge is 0.229 e. The van der Waals surface area contributed by atoms with Crippen LogP contribution in [-0.2, 0) is 21.7 Å². The zero-order valence-corrected chi connectivity index (χ0v) is 18.1. The van der Waals surface area contributed by atoms with Crippen LogP contribution >= 0.6 is 23.2 Å². The molecule has 2 aromatic carbocycles. The molecule has 0 aliphatic carbocycles. The molecule has 0 fully saturated rings. The summed E-state index contributed by atoms with van der Waals surface area (Å²) in [5.74, 6) is -1.42. The molecule has 1 atom stereocenters. The van der Waals surface area contributed by atoms with Gasteiger partial charge in [-0.3, -0.25) is 9.48 Å². The van der Waals surface area contributed by atoms with E-state index in [1.54, 1.807) is 55.3 Å². The molecule has 3 aromatic rings. The van der Waals surface area contributed by atoms with Gasteiger partial charge in [0, 0.05) is 24.4 Å². The van der Waals surface area contributed by atoms with E-state index in [0.29, 0.717) is 21.7 Å². The lowest BCUT2D eigenvalue weighted by molar-refractivity contribution is -0.118. The summed E-state index contributed by atoms with van der Waals surface area (Å²) < 4.78 is 25.7. The maximum Gasteiger partial charge on any atom is 0.229 e. The van der Waals surface area contributed by atoms with Gasteiger partial charge in [-0.2, -0.15) is 5.10 Å². The van der Waals surface area contributed by atoms with Gasteiger partial charge in [0.05, 0.1) is 32.8 Å². The summed E-state index contributed by atoms with van der Waals surface area (Å²) in [5, 5.41) is 4.76. The summed E-state index contributed by atoms with van der Waals surface area (Å²) in [4.78, 5) is 12.5. The van der Waals surface area contributed by atoms with Gasteiger partial charge in [0.25, 0.3) is 0 Å². The Labute approximate surface area is 179 Å². The molecule has 152 valence electrons. The van der Waals surface area contributed by atoms with Crippen LogP contribution in [0.15, 0.2) is 53.7 Å². The van der Waals surface area contributed by atoms with Crippen LogP contribution in [0, 0.1) is 0 Å². The van der Waals surface area contributed by atoms with Crippen LogP contribution in [0.5, 0.6) is 0 Å². The molecule has 1 unspecified atom stereocenters. The lowest BCUT2D eigenvalue weighted by atomic mass is 9.89. The summed E-state index contributed by atoms with van der Waals surface area (Å²) in [5.41, 5.74) is 8.16. The van der Waals surface area contributed by atoms with Gasteiger partial charge >= 0.3 is 0 Å². The molecule has 3 rings (SSSR count). The Hall–Kier alpha value is -2.35. The molecule has 6 nitrogen and oxygen atoms in total. The zero-order chi connectivity index (χ0) is 21.3. The molecule has 0 aliphatic heterocycles. The van der Waals surface area contributed by atoms with Gasteiger partial charge in [-0.1, -0.05) is 42.3 Å². The molecule has 0 saturated carbocycles. The Morgan fingerprint density at radius 2 is 1.83 bits per heavy atom. The van der Waals surface area contributed by atoms with Gasteiger partial charge in [-0.05, 0) is 35.4 Å². The summed E-state index contributed by atoms with van der Waals surface area (Å²) in [6.45, 7) is 1.57. The lowest BCUT2D eigenvalue weighted by Gasteiger charge is -2.17. The Morgan fingerprint density at radius 3 is 2.34 bits per heavy atom. The van der Waals surface area contributed by atoms with Crippen LogP contribution in [-0.4, -0.2) is 29.9 Å². The Morgan fingerprint density at radius 1 is 1.17 bits per heavy atom. The second-order valence-corrected chi connectivity index (χ2v) is 9.64. The lowest BCUT2D eigenvalue weighted by Crippen LogP contribution is -2.22. The molecule has 1 aromatic heterocycles. The van der Waals surface area contributed by atoms with Crippen LogP contribution in [0.4, 0.5) is 0 Å². The van der Waals surface area contributed by atoms with Crippen molar-refractivity contribution in [2.45, 2.75) is 17.7 Å². The molecular weight excluding hydrogens is 433 g/mol. The number of hydrogen-bond donors (Lipinski definition) is 1. The minimum atomic E-state index is -3.34. The number of carbonyl (C=O) groups excluding carboxylic acids is 1. The highest BCUT2D eigenvalue weighted by Crippen LogP contribution is 2.38. The number of sulfone groups is 1. The monoisotopic (exact) mass is 451 g/mol. The quantitative estimate of drug-likeness (QED) is 0.616. The van der Waals surface area contributed by atoms with E-state index < -0.39 is 21.7 Å². The molecule has 0 saturated heterocycles. The second-order valence-electron chi connectivity index (χ2n) is 6.57. The van der Waals surface area contributed by atoms with Gasteiger partial charge in [0.15, 0.2) is 9.84 Å². The first kappa shape index (κ1) is 21.4. The van der Waals surface area contributed by atoms with E-state index in [1.165, 1.54) is 12.1 Å². The number of nitrogens with two attached hydrogens (primary N) is 1. The van der Waals surface area contributed by atoms with Crippen molar-refractivity contribution in [2.75, 3.05) is 5.75 Å². The fourth-order valence-corrected chi connectivity index (χ4v) is 4.43. The largest absolute Gasteiger partial charge is 0.369 e. The van der Waals surface area contributed by atoms with Crippen molar-refractivity contribution in [1.82, 2.24) is 9.78 Å². The first-order valence-electron chi connectivity index (χ1n) is 8.74. The van der Waals surface area contributed by atoms with Gasteiger partial charge in [0.1, 0.15) is 0 Å². The van der Waals surface area contributed by atoms with Gasteiger partial charge in [0.2, 0.25) is 5.91 Å². The number of hydrogen-bond acceptors (Lipinski definition) is 4. The molecule has 1 amide bonds. The van der Waals surface area contributed by atoms with Crippen molar-refractivity contribution in [3.63, 3.8) is 0 Å². The van der Waals surface area contributed by atoms with Crippen LogP contribution in [0.1, 0.15) is 24.0 Å². The molecule has 0 spiro atoms. The molecule has 1 heterocycles. The maximum atomic E-state index is 12.3. The third-order valence-corrected chi connectivity index (χ3v) is 7.19. The van der Waals surface area contributed by atoms with Crippen LogP contribution < -0.4 is 5.73 Å². The minimum Gasteiger partial charge on any atom is -0.369 e. The van der Waals surface area contributed by atoms with E-state index in [-0.39, 0.29) is 15.7 Å². The summed E-state index contributed by atoms with van der Waals surface area (Å²) in [7, 11) is -1.56. The van der Waals surface area contributed by atoms with Crippen LogP contribution in [0.2, 0.25) is 10.0 Å². The number of benzene rings is 2. The van der Waals surface area contributed by atoms with Crippen molar-refractivity contribution in [1.29, 1.82) is 0 Å². The average molecular weight is 452 g/mol. The third kappa shape index (κ3) is 4.32. The number of carbonyl (C=O) groups is 1. The van der Waals surface area contributed by atoms with Gasteiger partial charge in [-0.25, -0.2) is 8.42 Å². The highest BCUT2D eigenvalue weighted by molar-refractivity contribution is 7.91. The summed E-state index contributed by atoms with van der Waals surface area (Å²) >= 11 is 12.7. The first-order chi connectivity index (χ1) is 13.6. The Balaban J connectivity index is 2.11. The summed E-state index contributed by atoms with van der Waals surface area (Å²) in [6, 6.07) is 9.47. The van der Waals surface area contributed by atoms with E-state index in [0.717, 1.165) is 5.56 Å². The van der Waals surface area contributed by atoms with E-state index in [2.05, 4.69) is 5.10 Å². The van der Waals surface area contributed by atoms with Crippen molar-refractivity contribution in [2.24, 2.45) is 12.8 Å². The molecule has 29 heavy (non-hydrogen) atoms. The number of aryl methyl sites for hydroxylation is 1. The zero-order valence-electron chi connectivity index (χ0n) is 15.8. The second kappa shape index (κ2) is 8.18. The summed E-state index contributed by atoms with van der Waals surface area (Å²) in [6.07, 6.45) is 3.43. The number of halogens is 2. The van der Waals surface area contributed by atoms with Crippen LogP contribution in [0.3, 0.4) is 0 Å². The fourth-order valence-electron chi connectivity index (χ4n) is 3.10. The van der Waals surface area contributed by atoms with Crippen molar-refractivity contribution in [3.8, 4) is 11.1 Å². The maximum absolute atomic E-state index is 12.3. The van der Waals surface area contributed by atoms with Crippen LogP contribution in [0.25, 0.3) is 11.1 Å². The van der Waals surface area contributed by atoms with Crippen molar-refractivity contribution >= 4 is 38.9 Å². The minimum absolute atomic E-state index is 0.00709. The van der Waals surface area contributed by atoms with Crippen molar-refractivity contribution in [3.05, 3.63) is 70.0 Å². The highest BCUT2D eigenvalue weighted by Gasteiger charge is 2.24. The number of aromatic nitrogens is 2. The van der Waals surface area contributed by atoms with Gasteiger partial charge in [-0.15, -0.1) is 0 Å². The van der Waals surface area contributed by atoms with E-state index >= 15 is 0 Å². The number of nitrogens with zero attached hydrogens (tertiary/aromatic N) is 2. The molecular formula is C20H19Cl2N3O3S. The first-order valence-corrected chi connectivity index (χ1v) is 11.1. The molecule has 9 heteroatoms. The molecule has 0 aliphatic rings. The normalized spacial score (nSPS) is 12.7. The van der Waals surface area contributed by atoms with Gasteiger partial charge < -0.3 is 5.73 Å². The third-order valence-electron chi connectivity index (χ3n) is 4.64. The van der Waals surface area contributed by atoms with E-state index in [9.17, 15) is 13.2 Å². The standard InChI is InChI=1S/C20H19Cl2N3O3S/c1-3-29(27,28)15-6-4-12(5-7-15)18(20(23)26)13-8-16(19(22)17(21)9-13)14-10-24-25(2)11-14/h4-11,18H,3H2,1-2H3,(H2,23,26). The SMILES string of the molecule is CCS(=O)(=O)c1ccc(C(C(N)=O)c2cc(Cl)c(Cl)c(-c3cnn(C)c3)c2)cc1. The number of amides is 1. The predicted molar refractivity (Wildman–Crippen MR) is 114 cm³/mol. The Bertz CT molecular complexity index is 1170. The van der Waals surface area contributed by atoms with Crippen molar-refractivity contribution < 1.29 is 13.2 Å². The molecule has 2 N–H and O–H groups in total. The molecule has 0 radical (unpaired) electrons. The number of rotatable bonds is 6. The Kier molecular flexibility index (Phi) is 6.03. The topological polar surface area (TPSA) is 95.0 Å². The average Bonchev–Trinajstić information content (AvgIpc) is 3.11.